The second kappa shape index (κ2) is 8.03. The Bertz CT molecular complexity index is 1250. The van der Waals surface area contributed by atoms with E-state index in [1.807, 2.05) is 30.3 Å². The largest absolute Gasteiger partial charge is 0.332 e. The number of imidazole rings is 1. The maximum absolute atomic E-state index is 12.7. The predicted octanol–water partition coefficient (Wildman–Crippen LogP) is 0.651. The molecule has 3 aromatic heterocycles. The Hall–Kier alpha value is -3.21. The van der Waals surface area contributed by atoms with Crippen molar-refractivity contribution in [3.63, 3.8) is 0 Å². The van der Waals surface area contributed by atoms with Crippen LogP contribution in [0.4, 0.5) is 0 Å². The summed E-state index contributed by atoms with van der Waals surface area (Å²) in [5, 5.41) is 12.6. The van der Waals surface area contributed by atoms with Crippen LogP contribution in [0, 0.1) is 0 Å². The summed E-state index contributed by atoms with van der Waals surface area (Å²) < 4.78 is 6.05. The van der Waals surface area contributed by atoms with Crippen LogP contribution in [0.3, 0.4) is 0 Å². The molecule has 3 heterocycles. The molecule has 0 saturated heterocycles. The summed E-state index contributed by atoms with van der Waals surface area (Å²) in [7, 11) is 3.37. The van der Waals surface area contributed by atoms with Crippen LogP contribution in [0.2, 0.25) is 0 Å². The number of rotatable bonds is 7. The zero-order valence-electron chi connectivity index (χ0n) is 16.1. The van der Waals surface area contributed by atoms with Crippen molar-refractivity contribution < 1.29 is 0 Å². The molecule has 0 N–H and O–H groups in total. The minimum absolute atomic E-state index is 0.318. The number of hydrogen-bond donors (Lipinski definition) is 0. The highest BCUT2D eigenvalue weighted by atomic mass is 32.2. The molecule has 11 heteroatoms. The standard InChI is InChI=1S/C18H20N8O2S/c1-23-12-19-15-14(23)16(27)25(18(28)24(15)2)9-6-10-29-17-20-21-22-26(17)11-13-7-4-3-5-8-13/h3-5,7-8,12H,6,9-11H2,1-2H3. The van der Waals surface area contributed by atoms with Gasteiger partial charge in [-0.1, -0.05) is 42.1 Å². The van der Waals surface area contributed by atoms with Gasteiger partial charge in [-0.25, -0.2) is 14.5 Å². The monoisotopic (exact) mass is 412 g/mol. The fourth-order valence-electron chi connectivity index (χ4n) is 3.13. The molecule has 4 rings (SSSR count). The van der Waals surface area contributed by atoms with Crippen LogP contribution in [-0.4, -0.2) is 44.6 Å². The lowest BCUT2D eigenvalue weighted by molar-refractivity contribution is 0.590. The zero-order chi connectivity index (χ0) is 20.4. The Labute approximate surface area is 169 Å². The number of thioether (sulfide) groups is 1. The van der Waals surface area contributed by atoms with E-state index < -0.39 is 0 Å². The van der Waals surface area contributed by atoms with Crippen molar-refractivity contribution in [2.75, 3.05) is 5.75 Å². The summed E-state index contributed by atoms with van der Waals surface area (Å²) in [6, 6.07) is 9.96. The van der Waals surface area contributed by atoms with Crippen LogP contribution < -0.4 is 11.2 Å². The minimum atomic E-state index is -0.361. The average Bonchev–Trinajstić information content (AvgIpc) is 3.33. The smallest absolute Gasteiger partial charge is 0.328 e. The Balaban J connectivity index is 1.44. The third-order valence-electron chi connectivity index (χ3n) is 4.63. The van der Waals surface area contributed by atoms with Crippen molar-refractivity contribution in [2.45, 2.75) is 24.7 Å². The van der Waals surface area contributed by atoms with E-state index in [4.69, 9.17) is 0 Å². The van der Waals surface area contributed by atoms with Crippen molar-refractivity contribution in [3.05, 3.63) is 63.1 Å². The summed E-state index contributed by atoms with van der Waals surface area (Å²) in [4.78, 5) is 29.4. The molecular weight excluding hydrogens is 392 g/mol. The summed E-state index contributed by atoms with van der Waals surface area (Å²) in [6.45, 7) is 0.910. The van der Waals surface area contributed by atoms with E-state index in [2.05, 4.69) is 20.5 Å². The van der Waals surface area contributed by atoms with Crippen molar-refractivity contribution in [1.82, 2.24) is 38.9 Å². The van der Waals surface area contributed by atoms with Gasteiger partial charge in [0.1, 0.15) is 0 Å². The van der Waals surface area contributed by atoms with E-state index in [1.165, 1.54) is 27.2 Å². The molecule has 10 nitrogen and oxygen atoms in total. The van der Waals surface area contributed by atoms with Crippen LogP contribution in [-0.2, 0) is 27.2 Å². The maximum atomic E-state index is 12.7. The topological polar surface area (TPSA) is 105 Å². The molecule has 0 radical (unpaired) electrons. The molecule has 0 spiro atoms. The summed E-state index contributed by atoms with van der Waals surface area (Å²) >= 11 is 1.50. The SMILES string of the molecule is Cn1cnc2c1c(=O)n(CCCSc1nnnn1Cc1ccccc1)c(=O)n2C. The van der Waals surface area contributed by atoms with Crippen LogP contribution in [0.25, 0.3) is 11.2 Å². The number of aromatic nitrogens is 8. The highest BCUT2D eigenvalue weighted by Gasteiger charge is 2.15. The third-order valence-corrected chi connectivity index (χ3v) is 5.68. The van der Waals surface area contributed by atoms with Gasteiger partial charge in [0, 0.05) is 26.4 Å². The molecule has 0 bridgehead atoms. The van der Waals surface area contributed by atoms with E-state index in [9.17, 15) is 9.59 Å². The molecule has 29 heavy (non-hydrogen) atoms. The van der Waals surface area contributed by atoms with Gasteiger partial charge in [-0.05, 0) is 22.4 Å². The number of fused-ring (bicyclic) bond motifs is 1. The van der Waals surface area contributed by atoms with Crippen LogP contribution in [0.1, 0.15) is 12.0 Å². The maximum Gasteiger partial charge on any atom is 0.332 e. The van der Waals surface area contributed by atoms with E-state index >= 15 is 0 Å². The van der Waals surface area contributed by atoms with Gasteiger partial charge in [0.25, 0.3) is 5.56 Å². The Kier molecular flexibility index (Phi) is 5.30. The number of tetrazole rings is 1. The third kappa shape index (κ3) is 3.73. The second-order valence-electron chi connectivity index (χ2n) is 6.63. The average molecular weight is 412 g/mol. The lowest BCUT2D eigenvalue weighted by atomic mass is 10.2. The fraction of sp³-hybridized carbons (Fsp3) is 0.333. The lowest BCUT2D eigenvalue weighted by Crippen LogP contribution is -2.39. The molecule has 0 fully saturated rings. The lowest BCUT2D eigenvalue weighted by Gasteiger charge is -2.08. The molecule has 0 saturated carbocycles. The number of nitrogens with zero attached hydrogens (tertiary/aromatic N) is 8. The van der Waals surface area contributed by atoms with Gasteiger partial charge in [0.2, 0.25) is 5.16 Å². The number of aryl methyl sites for hydroxylation is 2. The Morgan fingerprint density at radius 2 is 1.90 bits per heavy atom. The highest BCUT2D eigenvalue weighted by molar-refractivity contribution is 7.99. The quantitative estimate of drug-likeness (QED) is 0.324. The van der Waals surface area contributed by atoms with Crippen LogP contribution in [0.5, 0.6) is 0 Å². The van der Waals surface area contributed by atoms with Gasteiger partial charge in [-0.2, -0.15) is 0 Å². The van der Waals surface area contributed by atoms with E-state index in [1.54, 1.807) is 23.3 Å². The second-order valence-corrected chi connectivity index (χ2v) is 7.69. The van der Waals surface area contributed by atoms with Crippen molar-refractivity contribution in [2.24, 2.45) is 14.1 Å². The molecule has 4 aromatic rings. The predicted molar refractivity (Wildman–Crippen MR) is 109 cm³/mol. The van der Waals surface area contributed by atoms with Gasteiger partial charge >= 0.3 is 5.69 Å². The Morgan fingerprint density at radius 1 is 1.10 bits per heavy atom. The molecule has 0 aliphatic rings. The molecule has 150 valence electrons. The van der Waals surface area contributed by atoms with Crippen molar-refractivity contribution in [3.8, 4) is 0 Å². The first-order valence-electron chi connectivity index (χ1n) is 9.10. The number of benzene rings is 1. The molecule has 0 atom stereocenters. The van der Waals surface area contributed by atoms with E-state index in [-0.39, 0.29) is 11.2 Å². The number of hydrogen-bond acceptors (Lipinski definition) is 7. The summed E-state index contributed by atoms with van der Waals surface area (Å²) in [5.41, 5.74) is 1.25. The fourth-order valence-corrected chi connectivity index (χ4v) is 3.94. The van der Waals surface area contributed by atoms with Gasteiger partial charge in [0.15, 0.2) is 11.2 Å². The van der Waals surface area contributed by atoms with Gasteiger partial charge in [-0.3, -0.25) is 13.9 Å². The first kappa shape index (κ1) is 19.1. The van der Waals surface area contributed by atoms with Gasteiger partial charge in [0.05, 0.1) is 12.9 Å². The van der Waals surface area contributed by atoms with Gasteiger partial charge in [-0.15, -0.1) is 5.10 Å². The van der Waals surface area contributed by atoms with E-state index in [0.717, 1.165) is 5.56 Å². The first-order valence-corrected chi connectivity index (χ1v) is 10.1. The summed E-state index contributed by atoms with van der Waals surface area (Å²) in [5.74, 6) is 0.675. The molecule has 1 aromatic carbocycles. The minimum Gasteiger partial charge on any atom is -0.328 e. The summed E-state index contributed by atoms with van der Waals surface area (Å²) in [6.07, 6.45) is 2.17. The van der Waals surface area contributed by atoms with Crippen molar-refractivity contribution in [1.29, 1.82) is 0 Å². The molecule has 0 amide bonds. The van der Waals surface area contributed by atoms with Crippen molar-refractivity contribution >= 4 is 22.9 Å². The van der Waals surface area contributed by atoms with Crippen LogP contribution >= 0.6 is 11.8 Å². The normalized spacial score (nSPS) is 11.4. The molecule has 0 aliphatic carbocycles. The van der Waals surface area contributed by atoms with Gasteiger partial charge < -0.3 is 4.57 Å². The Morgan fingerprint density at radius 3 is 2.69 bits per heavy atom. The molecule has 0 unspecified atom stereocenters. The first-order chi connectivity index (χ1) is 14.1. The molecular formula is C18H20N8O2S. The van der Waals surface area contributed by atoms with Crippen LogP contribution in [0.15, 0.2) is 51.4 Å². The highest BCUT2D eigenvalue weighted by Crippen LogP contribution is 2.16. The zero-order valence-corrected chi connectivity index (χ0v) is 16.9. The van der Waals surface area contributed by atoms with E-state index in [0.29, 0.717) is 41.6 Å². The molecule has 0 aliphatic heterocycles.